The third-order valence-corrected chi connectivity index (χ3v) is 3.56. The van der Waals surface area contributed by atoms with Crippen LogP contribution in [0.15, 0.2) is 18.2 Å². The second kappa shape index (κ2) is 4.54. The summed E-state index contributed by atoms with van der Waals surface area (Å²) in [5.74, 6) is 0.224. The van der Waals surface area contributed by atoms with Crippen LogP contribution in [0.3, 0.4) is 0 Å². The topological polar surface area (TPSA) is 12.0 Å². The first-order valence-corrected chi connectivity index (χ1v) is 6.10. The monoisotopic (exact) mass is 221 g/mol. The smallest absolute Gasteiger partial charge is 0.123 e. The molecule has 0 bridgehead atoms. The zero-order valence-electron chi connectivity index (χ0n) is 10.3. The van der Waals surface area contributed by atoms with Crippen molar-refractivity contribution in [3.8, 4) is 0 Å². The molecule has 16 heavy (non-hydrogen) atoms. The summed E-state index contributed by atoms with van der Waals surface area (Å²) in [5, 5.41) is 3.58. The molecule has 2 unspecified atom stereocenters. The molecule has 0 amide bonds. The van der Waals surface area contributed by atoms with E-state index in [2.05, 4.69) is 26.1 Å². The lowest BCUT2D eigenvalue weighted by Crippen LogP contribution is -2.32. The van der Waals surface area contributed by atoms with Crippen molar-refractivity contribution in [3.05, 3.63) is 35.1 Å². The average Bonchev–Trinajstić information content (AvgIpc) is 3.04. The van der Waals surface area contributed by atoms with Gasteiger partial charge in [0, 0.05) is 12.1 Å². The van der Waals surface area contributed by atoms with E-state index in [9.17, 15) is 4.39 Å². The minimum Gasteiger partial charge on any atom is -0.311 e. The van der Waals surface area contributed by atoms with Crippen LogP contribution in [0, 0.1) is 12.7 Å². The Labute approximate surface area is 97.1 Å². The van der Waals surface area contributed by atoms with E-state index in [1.54, 1.807) is 6.07 Å². The first-order valence-electron chi connectivity index (χ1n) is 6.10. The van der Waals surface area contributed by atoms with Crippen LogP contribution >= 0.6 is 0 Å². The van der Waals surface area contributed by atoms with E-state index in [-0.39, 0.29) is 5.82 Å². The molecule has 1 aliphatic carbocycles. The van der Waals surface area contributed by atoms with Gasteiger partial charge in [-0.05, 0) is 55.9 Å². The number of hydrogen-bond acceptors (Lipinski definition) is 1. The number of hydrogen-bond donors (Lipinski definition) is 1. The third kappa shape index (κ3) is 2.62. The molecule has 1 aromatic carbocycles. The highest BCUT2D eigenvalue weighted by molar-refractivity contribution is 5.30. The Kier molecular flexibility index (Phi) is 3.29. The molecule has 0 aliphatic heterocycles. The van der Waals surface area contributed by atoms with Gasteiger partial charge in [-0.3, -0.25) is 0 Å². The van der Waals surface area contributed by atoms with Gasteiger partial charge in [0.1, 0.15) is 5.82 Å². The van der Waals surface area contributed by atoms with Gasteiger partial charge in [-0.2, -0.15) is 0 Å². The molecule has 1 nitrogen and oxygen atoms in total. The van der Waals surface area contributed by atoms with E-state index in [4.69, 9.17) is 0 Å². The first kappa shape index (κ1) is 11.6. The summed E-state index contributed by atoms with van der Waals surface area (Å²) < 4.78 is 13.2. The number of halogens is 1. The molecule has 1 aliphatic rings. The van der Waals surface area contributed by atoms with E-state index in [1.165, 1.54) is 24.5 Å². The van der Waals surface area contributed by atoms with Crippen LogP contribution in [0.1, 0.15) is 43.7 Å². The van der Waals surface area contributed by atoms with Crippen LogP contribution in [0.2, 0.25) is 0 Å². The molecule has 88 valence electrons. The standard InChI is InChI=1S/C14H20FN/c1-9-4-5-12(15)8-14(9)10(2)11(3)16-13-6-7-13/h4-5,8,10-11,13,16H,6-7H2,1-3H3. The first-order chi connectivity index (χ1) is 7.58. The van der Waals surface area contributed by atoms with E-state index in [0.29, 0.717) is 18.0 Å². The summed E-state index contributed by atoms with van der Waals surface area (Å²) in [6.07, 6.45) is 2.58. The summed E-state index contributed by atoms with van der Waals surface area (Å²) in [6.45, 7) is 6.41. The van der Waals surface area contributed by atoms with Crippen molar-refractivity contribution in [1.29, 1.82) is 0 Å². The Morgan fingerprint density at radius 1 is 1.31 bits per heavy atom. The average molecular weight is 221 g/mol. The quantitative estimate of drug-likeness (QED) is 0.822. The van der Waals surface area contributed by atoms with Crippen LogP contribution < -0.4 is 5.32 Å². The van der Waals surface area contributed by atoms with Gasteiger partial charge in [0.2, 0.25) is 0 Å². The highest BCUT2D eigenvalue weighted by atomic mass is 19.1. The molecule has 0 aromatic heterocycles. The molecule has 0 spiro atoms. The summed E-state index contributed by atoms with van der Waals surface area (Å²) in [4.78, 5) is 0. The molecular weight excluding hydrogens is 201 g/mol. The molecule has 2 rings (SSSR count). The van der Waals surface area contributed by atoms with E-state index in [1.807, 2.05) is 6.07 Å². The van der Waals surface area contributed by atoms with Crippen LogP contribution in [-0.4, -0.2) is 12.1 Å². The Morgan fingerprint density at radius 2 is 2.00 bits per heavy atom. The second-order valence-corrected chi connectivity index (χ2v) is 5.02. The maximum Gasteiger partial charge on any atom is 0.123 e. The molecule has 0 radical (unpaired) electrons. The van der Waals surface area contributed by atoms with Gasteiger partial charge in [-0.25, -0.2) is 4.39 Å². The van der Waals surface area contributed by atoms with Crippen LogP contribution in [0.5, 0.6) is 0 Å². The summed E-state index contributed by atoms with van der Waals surface area (Å²) in [7, 11) is 0. The van der Waals surface area contributed by atoms with Gasteiger partial charge in [0.25, 0.3) is 0 Å². The number of nitrogens with one attached hydrogen (secondary N) is 1. The van der Waals surface area contributed by atoms with Gasteiger partial charge in [-0.15, -0.1) is 0 Å². The van der Waals surface area contributed by atoms with Crippen molar-refractivity contribution in [2.75, 3.05) is 0 Å². The van der Waals surface area contributed by atoms with Gasteiger partial charge >= 0.3 is 0 Å². The molecule has 1 fully saturated rings. The predicted octanol–water partition coefficient (Wildman–Crippen LogP) is 3.38. The summed E-state index contributed by atoms with van der Waals surface area (Å²) in [5.41, 5.74) is 2.30. The Balaban J connectivity index is 2.11. The molecule has 1 N–H and O–H groups in total. The molecule has 2 atom stereocenters. The zero-order chi connectivity index (χ0) is 11.7. The Morgan fingerprint density at radius 3 is 2.62 bits per heavy atom. The zero-order valence-corrected chi connectivity index (χ0v) is 10.3. The fraction of sp³-hybridized carbons (Fsp3) is 0.571. The van der Waals surface area contributed by atoms with E-state index < -0.39 is 0 Å². The Hall–Kier alpha value is -0.890. The van der Waals surface area contributed by atoms with Crippen LogP contribution in [0.25, 0.3) is 0 Å². The normalized spacial score (nSPS) is 19.5. The number of benzene rings is 1. The lowest BCUT2D eigenvalue weighted by Gasteiger charge is -2.23. The molecule has 1 saturated carbocycles. The maximum absolute atomic E-state index is 13.2. The summed E-state index contributed by atoms with van der Waals surface area (Å²) >= 11 is 0. The minimum absolute atomic E-state index is 0.133. The van der Waals surface area contributed by atoms with Crippen LogP contribution in [0.4, 0.5) is 4.39 Å². The largest absolute Gasteiger partial charge is 0.311 e. The fourth-order valence-corrected chi connectivity index (χ4v) is 2.14. The number of aryl methyl sites for hydroxylation is 1. The van der Waals surface area contributed by atoms with Gasteiger partial charge in [0.15, 0.2) is 0 Å². The lowest BCUT2D eigenvalue weighted by molar-refractivity contribution is 0.475. The fourth-order valence-electron chi connectivity index (χ4n) is 2.14. The van der Waals surface area contributed by atoms with Crippen molar-refractivity contribution in [3.63, 3.8) is 0 Å². The van der Waals surface area contributed by atoms with Crippen molar-refractivity contribution in [1.82, 2.24) is 5.32 Å². The van der Waals surface area contributed by atoms with Crippen molar-refractivity contribution < 1.29 is 4.39 Å². The van der Waals surface area contributed by atoms with E-state index >= 15 is 0 Å². The van der Waals surface area contributed by atoms with Crippen molar-refractivity contribution in [2.45, 2.75) is 51.6 Å². The molecular formula is C14H20FN. The van der Waals surface area contributed by atoms with Crippen molar-refractivity contribution >= 4 is 0 Å². The third-order valence-electron chi connectivity index (χ3n) is 3.56. The highest BCUT2D eigenvalue weighted by Gasteiger charge is 2.26. The van der Waals surface area contributed by atoms with Gasteiger partial charge in [-0.1, -0.05) is 13.0 Å². The van der Waals surface area contributed by atoms with E-state index in [0.717, 1.165) is 5.56 Å². The van der Waals surface area contributed by atoms with Crippen molar-refractivity contribution in [2.24, 2.45) is 0 Å². The molecule has 1 aromatic rings. The predicted molar refractivity (Wildman–Crippen MR) is 65.2 cm³/mol. The summed E-state index contributed by atoms with van der Waals surface area (Å²) in [6, 6.07) is 6.18. The van der Waals surface area contributed by atoms with Gasteiger partial charge in [0.05, 0.1) is 0 Å². The SMILES string of the molecule is Cc1ccc(F)cc1C(C)C(C)NC1CC1. The maximum atomic E-state index is 13.2. The van der Waals surface area contributed by atoms with Crippen LogP contribution in [-0.2, 0) is 0 Å². The Bertz CT molecular complexity index is 371. The highest BCUT2D eigenvalue weighted by Crippen LogP contribution is 2.27. The lowest BCUT2D eigenvalue weighted by atomic mass is 9.91. The minimum atomic E-state index is -0.133. The number of rotatable bonds is 4. The van der Waals surface area contributed by atoms with Gasteiger partial charge < -0.3 is 5.32 Å². The molecule has 0 saturated heterocycles. The molecule has 2 heteroatoms. The second-order valence-electron chi connectivity index (χ2n) is 5.02. The molecule has 0 heterocycles.